The van der Waals surface area contributed by atoms with Crippen LogP contribution in [0.5, 0.6) is 0 Å². The molecule has 0 amide bonds. The Bertz CT molecular complexity index is 555. The van der Waals surface area contributed by atoms with E-state index in [2.05, 4.69) is 0 Å². The summed E-state index contributed by atoms with van der Waals surface area (Å²) in [6.07, 6.45) is 2.11. The number of benzene rings is 1. The van der Waals surface area contributed by atoms with Crippen molar-refractivity contribution < 1.29 is 14.8 Å². The zero-order valence-electron chi connectivity index (χ0n) is 8.88. The predicted octanol–water partition coefficient (Wildman–Crippen LogP) is 1.87. The lowest BCUT2D eigenvalue weighted by Gasteiger charge is -2.02. The van der Waals surface area contributed by atoms with Gasteiger partial charge in [0.15, 0.2) is 0 Å². The molecule has 0 spiro atoms. The number of hydrogen-bond donors (Lipinski definition) is 1. The Morgan fingerprint density at radius 2 is 2.24 bits per heavy atom. The molecular formula is C11H8N2O4. The van der Waals surface area contributed by atoms with Crippen LogP contribution >= 0.6 is 0 Å². The van der Waals surface area contributed by atoms with Crippen molar-refractivity contribution >= 4 is 17.7 Å². The van der Waals surface area contributed by atoms with Gasteiger partial charge in [-0.05, 0) is 24.6 Å². The molecule has 1 aromatic carbocycles. The first kappa shape index (κ1) is 12.4. The van der Waals surface area contributed by atoms with Gasteiger partial charge < -0.3 is 5.11 Å². The third-order valence-electron chi connectivity index (χ3n) is 2.18. The highest BCUT2D eigenvalue weighted by Crippen LogP contribution is 2.24. The maximum Gasteiger partial charge on any atom is 0.328 e. The Kier molecular flexibility index (Phi) is 3.57. The van der Waals surface area contributed by atoms with Crippen LogP contribution in [0.4, 0.5) is 5.69 Å². The minimum Gasteiger partial charge on any atom is -0.478 e. The van der Waals surface area contributed by atoms with Crippen molar-refractivity contribution in [3.63, 3.8) is 0 Å². The van der Waals surface area contributed by atoms with Gasteiger partial charge in [0.1, 0.15) is 6.07 Å². The molecule has 1 aromatic rings. The van der Waals surface area contributed by atoms with Crippen molar-refractivity contribution in [3.8, 4) is 6.07 Å². The van der Waals surface area contributed by atoms with Crippen LogP contribution in [0.1, 0.15) is 16.7 Å². The first-order chi connectivity index (χ1) is 7.97. The molecule has 6 heteroatoms. The summed E-state index contributed by atoms with van der Waals surface area (Å²) in [6.45, 7) is 1.45. The molecule has 0 atom stereocenters. The minimum absolute atomic E-state index is 0.108. The molecule has 0 saturated heterocycles. The summed E-state index contributed by atoms with van der Waals surface area (Å²) in [4.78, 5) is 20.4. The van der Waals surface area contributed by atoms with Gasteiger partial charge in [0, 0.05) is 17.7 Å². The lowest BCUT2D eigenvalue weighted by molar-refractivity contribution is -0.385. The molecule has 1 rings (SSSR count). The molecule has 0 aliphatic rings. The molecule has 0 fully saturated rings. The maximum atomic E-state index is 10.7. The van der Waals surface area contributed by atoms with E-state index >= 15 is 0 Å². The SMILES string of the molecule is Cc1c([N+](=O)[O-])ccc(/C=C/C(=O)O)c1C#N. The number of rotatable bonds is 3. The monoisotopic (exact) mass is 232 g/mol. The fourth-order valence-corrected chi connectivity index (χ4v) is 1.37. The summed E-state index contributed by atoms with van der Waals surface area (Å²) in [6, 6.07) is 4.43. The number of carboxylic acids is 1. The van der Waals surface area contributed by atoms with Crippen molar-refractivity contribution in [2.45, 2.75) is 6.92 Å². The number of carboxylic acid groups (broad SMARTS) is 1. The first-order valence-corrected chi connectivity index (χ1v) is 4.56. The van der Waals surface area contributed by atoms with Crippen LogP contribution in [0.25, 0.3) is 6.08 Å². The molecule has 17 heavy (non-hydrogen) atoms. The second-order valence-corrected chi connectivity index (χ2v) is 3.21. The third kappa shape index (κ3) is 2.66. The average molecular weight is 232 g/mol. The van der Waals surface area contributed by atoms with Crippen molar-refractivity contribution in [2.24, 2.45) is 0 Å². The Hall–Kier alpha value is -2.68. The summed E-state index contributed by atoms with van der Waals surface area (Å²) in [5.41, 5.74) is 0.522. The quantitative estimate of drug-likeness (QED) is 0.486. The number of aliphatic carboxylic acids is 1. The van der Waals surface area contributed by atoms with Crippen LogP contribution < -0.4 is 0 Å². The Balaban J connectivity index is 3.37. The van der Waals surface area contributed by atoms with E-state index in [9.17, 15) is 14.9 Å². The zero-order valence-corrected chi connectivity index (χ0v) is 8.88. The largest absolute Gasteiger partial charge is 0.478 e. The summed E-state index contributed by atoms with van der Waals surface area (Å²) < 4.78 is 0. The first-order valence-electron chi connectivity index (χ1n) is 4.56. The van der Waals surface area contributed by atoms with Gasteiger partial charge in [-0.25, -0.2) is 4.79 Å². The van der Waals surface area contributed by atoms with E-state index in [-0.39, 0.29) is 16.8 Å². The Morgan fingerprint density at radius 3 is 2.71 bits per heavy atom. The molecular weight excluding hydrogens is 224 g/mol. The van der Waals surface area contributed by atoms with Crippen LogP contribution in [-0.2, 0) is 4.79 Å². The van der Waals surface area contributed by atoms with Crippen molar-refractivity contribution in [2.75, 3.05) is 0 Å². The third-order valence-corrected chi connectivity index (χ3v) is 2.18. The fraction of sp³-hybridized carbons (Fsp3) is 0.0909. The topological polar surface area (TPSA) is 104 Å². The standard InChI is InChI=1S/C11H8N2O4/c1-7-9(6-12)8(3-5-11(14)15)2-4-10(7)13(16)17/h2-5H,1H3,(H,14,15)/b5-3+. The molecule has 0 heterocycles. The highest BCUT2D eigenvalue weighted by Gasteiger charge is 2.15. The van der Waals surface area contributed by atoms with E-state index in [4.69, 9.17) is 10.4 Å². The van der Waals surface area contributed by atoms with Crippen LogP contribution in [0.15, 0.2) is 18.2 Å². The van der Waals surface area contributed by atoms with Gasteiger partial charge in [-0.1, -0.05) is 0 Å². The lowest BCUT2D eigenvalue weighted by atomic mass is 10.0. The van der Waals surface area contributed by atoms with Crippen LogP contribution in [0.2, 0.25) is 0 Å². The van der Waals surface area contributed by atoms with Crippen LogP contribution in [0.3, 0.4) is 0 Å². The Labute approximate surface area is 96.6 Å². The van der Waals surface area contributed by atoms with Gasteiger partial charge in [0.05, 0.1) is 10.5 Å². The van der Waals surface area contributed by atoms with Crippen molar-refractivity contribution in [1.29, 1.82) is 5.26 Å². The molecule has 0 bridgehead atoms. The average Bonchev–Trinajstić information content (AvgIpc) is 2.25. The minimum atomic E-state index is -1.15. The Morgan fingerprint density at radius 1 is 1.59 bits per heavy atom. The van der Waals surface area contributed by atoms with E-state index in [0.717, 1.165) is 6.08 Å². The second kappa shape index (κ2) is 4.90. The highest BCUT2D eigenvalue weighted by atomic mass is 16.6. The second-order valence-electron chi connectivity index (χ2n) is 3.21. The maximum absolute atomic E-state index is 10.7. The van der Waals surface area contributed by atoms with Gasteiger partial charge >= 0.3 is 5.97 Å². The molecule has 6 nitrogen and oxygen atoms in total. The van der Waals surface area contributed by atoms with E-state index in [1.807, 2.05) is 6.07 Å². The molecule has 1 N–H and O–H groups in total. The number of nitro benzene ring substituents is 1. The molecule has 0 aliphatic carbocycles. The molecule has 0 unspecified atom stereocenters. The van der Waals surface area contributed by atoms with E-state index < -0.39 is 10.9 Å². The van der Waals surface area contributed by atoms with Crippen molar-refractivity contribution in [1.82, 2.24) is 0 Å². The molecule has 0 aliphatic heterocycles. The zero-order chi connectivity index (χ0) is 13.0. The summed E-state index contributed by atoms with van der Waals surface area (Å²) in [5, 5.41) is 28.0. The van der Waals surface area contributed by atoms with Crippen LogP contribution in [-0.4, -0.2) is 16.0 Å². The fourth-order valence-electron chi connectivity index (χ4n) is 1.37. The number of nitro groups is 1. The van der Waals surface area contributed by atoms with E-state index in [1.165, 1.54) is 25.1 Å². The lowest BCUT2D eigenvalue weighted by Crippen LogP contribution is -1.96. The van der Waals surface area contributed by atoms with Gasteiger partial charge in [-0.15, -0.1) is 0 Å². The summed E-state index contributed by atoms with van der Waals surface area (Å²) in [7, 11) is 0. The molecule has 0 saturated carbocycles. The highest BCUT2D eigenvalue weighted by molar-refractivity contribution is 5.86. The van der Waals surface area contributed by atoms with E-state index in [1.54, 1.807) is 0 Å². The molecule has 0 aromatic heterocycles. The molecule has 0 radical (unpaired) electrons. The molecule has 86 valence electrons. The predicted molar refractivity (Wildman–Crippen MR) is 59.2 cm³/mol. The smallest absolute Gasteiger partial charge is 0.328 e. The van der Waals surface area contributed by atoms with Gasteiger partial charge in [-0.2, -0.15) is 5.26 Å². The summed E-state index contributed by atoms with van der Waals surface area (Å²) in [5.74, 6) is -1.15. The number of nitriles is 1. The van der Waals surface area contributed by atoms with Gasteiger partial charge in [-0.3, -0.25) is 10.1 Å². The summed E-state index contributed by atoms with van der Waals surface area (Å²) >= 11 is 0. The number of hydrogen-bond acceptors (Lipinski definition) is 4. The number of nitrogens with zero attached hydrogens (tertiary/aromatic N) is 2. The number of carbonyl (C=O) groups is 1. The van der Waals surface area contributed by atoms with Gasteiger partial charge in [0.25, 0.3) is 5.69 Å². The van der Waals surface area contributed by atoms with Crippen molar-refractivity contribution in [3.05, 3.63) is 45.0 Å². The normalized spacial score (nSPS) is 10.1. The van der Waals surface area contributed by atoms with Gasteiger partial charge in [0.2, 0.25) is 0 Å². The van der Waals surface area contributed by atoms with E-state index in [0.29, 0.717) is 5.56 Å². The van der Waals surface area contributed by atoms with Crippen LogP contribution in [0, 0.1) is 28.4 Å².